The van der Waals surface area contributed by atoms with Crippen molar-refractivity contribution in [1.29, 1.82) is 0 Å². The highest BCUT2D eigenvalue weighted by Gasteiger charge is 2.15. The van der Waals surface area contributed by atoms with Crippen molar-refractivity contribution in [2.24, 2.45) is 5.10 Å². The molecule has 0 aliphatic rings. The lowest BCUT2D eigenvalue weighted by Crippen LogP contribution is -2.20. The third-order valence-electron chi connectivity index (χ3n) is 5.44. The standard InChI is InChI=1S/C28H25BrFN3O3/c1-4-8-20-13-19(14-26(35-5-2)27(20)36-17-21-9-6-7-10-24(21)30)16-31-33-18(3)32-25-12-11-22(29)15-23(25)28(33)34/h4,6-7,9-16H,1,5,8,17H2,2-3H3. The summed E-state index contributed by atoms with van der Waals surface area (Å²) in [5.41, 5.74) is 2.29. The molecule has 0 spiro atoms. The molecule has 0 saturated carbocycles. The molecule has 8 heteroatoms. The Bertz CT molecular complexity index is 1510. The highest BCUT2D eigenvalue weighted by Crippen LogP contribution is 2.34. The number of benzene rings is 3. The quantitative estimate of drug-likeness (QED) is 0.184. The van der Waals surface area contributed by atoms with Gasteiger partial charge in [-0.1, -0.05) is 40.2 Å². The zero-order chi connectivity index (χ0) is 25.7. The molecule has 0 saturated heterocycles. The van der Waals surface area contributed by atoms with Gasteiger partial charge >= 0.3 is 0 Å². The number of halogens is 2. The second-order valence-corrected chi connectivity index (χ2v) is 8.91. The molecule has 0 fully saturated rings. The normalized spacial score (nSPS) is 11.2. The summed E-state index contributed by atoms with van der Waals surface area (Å²) in [5, 5.41) is 4.89. The van der Waals surface area contributed by atoms with Gasteiger partial charge in [-0.3, -0.25) is 4.79 Å². The summed E-state index contributed by atoms with van der Waals surface area (Å²) in [6, 6.07) is 15.5. The van der Waals surface area contributed by atoms with Crippen LogP contribution in [0.3, 0.4) is 0 Å². The third kappa shape index (κ3) is 5.54. The van der Waals surface area contributed by atoms with Gasteiger partial charge in [-0.25, -0.2) is 9.37 Å². The molecule has 0 unspecified atom stereocenters. The van der Waals surface area contributed by atoms with Crippen molar-refractivity contribution < 1.29 is 13.9 Å². The average Bonchev–Trinajstić information content (AvgIpc) is 2.85. The number of ether oxygens (including phenoxy) is 2. The Labute approximate surface area is 216 Å². The molecule has 0 radical (unpaired) electrons. The van der Waals surface area contributed by atoms with Crippen molar-refractivity contribution in [1.82, 2.24) is 9.66 Å². The van der Waals surface area contributed by atoms with Crippen LogP contribution in [0.25, 0.3) is 10.9 Å². The Morgan fingerprint density at radius 2 is 1.94 bits per heavy atom. The third-order valence-corrected chi connectivity index (χ3v) is 5.93. The Morgan fingerprint density at radius 1 is 1.14 bits per heavy atom. The number of hydrogen-bond donors (Lipinski definition) is 0. The van der Waals surface area contributed by atoms with E-state index in [1.807, 2.05) is 19.1 Å². The fourth-order valence-corrected chi connectivity index (χ4v) is 4.14. The van der Waals surface area contributed by atoms with Crippen LogP contribution in [-0.4, -0.2) is 22.5 Å². The van der Waals surface area contributed by atoms with E-state index in [0.717, 1.165) is 10.0 Å². The van der Waals surface area contributed by atoms with Gasteiger partial charge in [0.2, 0.25) is 0 Å². The first-order valence-corrected chi connectivity index (χ1v) is 12.2. The fraction of sp³-hybridized carbons (Fsp3) is 0.179. The van der Waals surface area contributed by atoms with Crippen LogP contribution in [-0.2, 0) is 13.0 Å². The first-order chi connectivity index (χ1) is 17.4. The van der Waals surface area contributed by atoms with Crippen LogP contribution in [0.15, 0.2) is 81.6 Å². The molecule has 1 aromatic heterocycles. The average molecular weight is 550 g/mol. The highest BCUT2D eigenvalue weighted by atomic mass is 79.9. The van der Waals surface area contributed by atoms with E-state index in [4.69, 9.17) is 9.47 Å². The minimum Gasteiger partial charge on any atom is -0.490 e. The van der Waals surface area contributed by atoms with Gasteiger partial charge in [-0.2, -0.15) is 9.78 Å². The molecule has 0 bridgehead atoms. The smallest absolute Gasteiger partial charge is 0.282 e. The molecule has 0 aliphatic heterocycles. The first kappa shape index (κ1) is 25.3. The molecular weight excluding hydrogens is 525 g/mol. The second-order valence-electron chi connectivity index (χ2n) is 8.00. The van der Waals surface area contributed by atoms with E-state index in [1.165, 1.54) is 10.7 Å². The number of hydrogen-bond acceptors (Lipinski definition) is 5. The minimum absolute atomic E-state index is 0.0528. The minimum atomic E-state index is -0.332. The Morgan fingerprint density at radius 3 is 2.69 bits per heavy atom. The van der Waals surface area contributed by atoms with Gasteiger partial charge in [0.15, 0.2) is 11.5 Å². The lowest BCUT2D eigenvalue weighted by molar-refractivity contribution is 0.263. The Balaban J connectivity index is 1.72. The predicted octanol–water partition coefficient (Wildman–Crippen LogP) is 6.19. The van der Waals surface area contributed by atoms with E-state index >= 15 is 0 Å². The lowest BCUT2D eigenvalue weighted by atomic mass is 10.1. The Kier molecular flexibility index (Phi) is 7.95. The van der Waals surface area contributed by atoms with Gasteiger partial charge in [-0.05, 0) is 62.2 Å². The van der Waals surface area contributed by atoms with Crippen molar-refractivity contribution in [3.8, 4) is 11.5 Å². The monoisotopic (exact) mass is 549 g/mol. The maximum Gasteiger partial charge on any atom is 0.282 e. The van der Waals surface area contributed by atoms with E-state index in [1.54, 1.807) is 55.6 Å². The van der Waals surface area contributed by atoms with E-state index in [-0.39, 0.29) is 18.0 Å². The molecule has 3 aromatic carbocycles. The molecule has 4 aromatic rings. The Hall–Kier alpha value is -3.78. The SMILES string of the molecule is C=CCc1cc(C=Nn2c(C)nc3ccc(Br)cc3c2=O)cc(OCC)c1OCc1ccccc1F. The van der Waals surface area contributed by atoms with Gasteiger partial charge in [0.05, 0.1) is 23.7 Å². The predicted molar refractivity (Wildman–Crippen MR) is 144 cm³/mol. The van der Waals surface area contributed by atoms with Crippen LogP contribution in [0.2, 0.25) is 0 Å². The van der Waals surface area contributed by atoms with Crippen molar-refractivity contribution in [3.05, 3.63) is 110 Å². The molecule has 0 atom stereocenters. The summed E-state index contributed by atoms with van der Waals surface area (Å²) in [7, 11) is 0. The highest BCUT2D eigenvalue weighted by molar-refractivity contribution is 9.10. The van der Waals surface area contributed by atoms with Crippen molar-refractivity contribution in [2.45, 2.75) is 26.9 Å². The van der Waals surface area contributed by atoms with Gasteiger partial charge in [0.1, 0.15) is 18.2 Å². The van der Waals surface area contributed by atoms with Gasteiger partial charge in [0.25, 0.3) is 5.56 Å². The number of aromatic nitrogens is 2. The summed E-state index contributed by atoms with van der Waals surface area (Å²) in [6.07, 6.45) is 3.83. The van der Waals surface area contributed by atoms with Crippen LogP contribution in [0.5, 0.6) is 11.5 Å². The number of aryl methyl sites for hydroxylation is 1. The maximum absolute atomic E-state index is 14.1. The van der Waals surface area contributed by atoms with E-state index in [2.05, 4.69) is 32.6 Å². The summed E-state index contributed by atoms with van der Waals surface area (Å²) in [4.78, 5) is 17.6. The van der Waals surface area contributed by atoms with Gasteiger partial charge < -0.3 is 9.47 Å². The second kappa shape index (κ2) is 11.3. The van der Waals surface area contributed by atoms with Crippen LogP contribution in [0.4, 0.5) is 4.39 Å². The van der Waals surface area contributed by atoms with Crippen LogP contribution < -0.4 is 15.0 Å². The topological polar surface area (TPSA) is 65.7 Å². The van der Waals surface area contributed by atoms with Crippen LogP contribution in [0.1, 0.15) is 29.4 Å². The summed E-state index contributed by atoms with van der Waals surface area (Å²) < 4.78 is 28.1. The van der Waals surface area contributed by atoms with Gasteiger partial charge in [-0.15, -0.1) is 6.58 Å². The maximum atomic E-state index is 14.1. The van der Waals surface area contributed by atoms with Crippen molar-refractivity contribution >= 4 is 33.0 Å². The molecule has 0 N–H and O–H groups in total. The van der Waals surface area contributed by atoms with Crippen molar-refractivity contribution in [2.75, 3.05) is 6.61 Å². The molecule has 4 rings (SSSR count). The van der Waals surface area contributed by atoms with E-state index in [0.29, 0.717) is 52.4 Å². The fourth-order valence-electron chi connectivity index (χ4n) is 3.78. The summed E-state index contributed by atoms with van der Waals surface area (Å²) in [6.45, 7) is 7.90. The largest absolute Gasteiger partial charge is 0.490 e. The molecule has 36 heavy (non-hydrogen) atoms. The lowest BCUT2D eigenvalue weighted by Gasteiger charge is -2.17. The summed E-state index contributed by atoms with van der Waals surface area (Å²) in [5.74, 6) is 1.15. The van der Waals surface area contributed by atoms with Crippen LogP contribution >= 0.6 is 15.9 Å². The zero-order valence-electron chi connectivity index (χ0n) is 20.0. The molecule has 1 heterocycles. The number of nitrogens with zero attached hydrogens (tertiary/aromatic N) is 3. The number of allylic oxidation sites excluding steroid dienone is 1. The molecule has 0 aliphatic carbocycles. The van der Waals surface area contributed by atoms with Crippen molar-refractivity contribution in [3.63, 3.8) is 0 Å². The van der Waals surface area contributed by atoms with E-state index < -0.39 is 0 Å². The van der Waals surface area contributed by atoms with E-state index in [9.17, 15) is 9.18 Å². The summed E-state index contributed by atoms with van der Waals surface area (Å²) >= 11 is 3.40. The molecular formula is C28H25BrFN3O3. The number of fused-ring (bicyclic) bond motifs is 1. The number of rotatable bonds is 9. The first-order valence-electron chi connectivity index (χ1n) is 11.4. The van der Waals surface area contributed by atoms with Gasteiger partial charge in [0, 0.05) is 15.6 Å². The molecule has 184 valence electrons. The molecule has 6 nitrogen and oxygen atoms in total. The molecule has 0 amide bonds. The zero-order valence-corrected chi connectivity index (χ0v) is 21.6. The van der Waals surface area contributed by atoms with Crippen LogP contribution in [0, 0.1) is 12.7 Å².